The highest BCUT2D eigenvalue weighted by Crippen LogP contribution is 2.38. The van der Waals surface area contributed by atoms with Crippen LogP contribution in [0.4, 0.5) is 5.69 Å². The van der Waals surface area contributed by atoms with Crippen LogP contribution in [-0.4, -0.2) is 4.98 Å². The Kier molecular flexibility index (Phi) is 3.29. The zero-order valence-electron chi connectivity index (χ0n) is 13.7. The van der Waals surface area contributed by atoms with Crippen LogP contribution >= 0.6 is 0 Å². The second-order valence-electron chi connectivity index (χ2n) is 6.19. The molecule has 2 heteroatoms. The van der Waals surface area contributed by atoms with E-state index in [-0.39, 0.29) is 0 Å². The summed E-state index contributed by atoms with van der Waals surface area (Å²) in [6.45, 7) is 11.7. The average Bonchev–Trinajstić information content (AvgIpc) is 2.59. The van der Waals surface area contributed by atoms with E-state index in [0.717, 1.165) is 32.8 Å². The lowest BCUT2D eigenvalue weighted by Crippen LogP contribution is -1.90. The van der Waals surface area contributed by atoms with Gasteiger partial charge in [0, 0.05) is 17.1 Å². The molecule has 0 bridgehead atoms. The zero-order valence-corrected chi connectivity index (χ0v) is 13.7. The molecule has 0 saturated heterocycles. The van der Waals surface area contributed by atoms with Crippen molar-refractivity contribution in [2.24, 2.45) is 0 Å². The number of pyridine rings is 1. The molecular formula is C22H16N2. The Bertz CT molecular complexity index is 1110. The van der Waals surface area contributed by atoms with Crippen LogP contribution in [0.3, 0.4) is 0 Å². The highest BCUT2D eigenvalue weighted by atomic mass is 14.7. The molecule has 0 aliphatic rings. The van der Waals surface area contributed by atoms with Gasteiger partial charge in [0.25, 0.3) is 0 Å². The highest BCUT2D eigenvalue weighted by molar-refractivity contribution is 6.17. The Labute approximate surface area is 141 Å². The van der Waals surface area contributed by atoms with Gasteiger partial charge in [-0.25, -0.2) is 4.85 Å². The first-order valence-electron chi connectivity index (χ1n) is 7.94. The molecule has 0 aliphatic heterocycles. The maximum Gasteiger partial charge on any atom is 0.195 e. The summed E-state index contributed by atoms with van der Waals surface area (Å²) in [7, 11) is 0. The van der Waals surface area contributed by atoms with E-state index in [1.165, 1.54) is 11.1 Å². The molecule has 0 unspecified atom stereocenters. The van der Waals surface area contributed by atoms with E-state index >= 15 is 0 Å². The Morgan fingerprint density at radius 2 is 1.58 bits per heavy atom. The fourth-order valence-electron chi connectivity index (χ4n) is 3.45. The van der Waals surface area contributed by atoms with Crippen LogP contribution in [-0.2, 0) is 0 Å². The van der Waals surface area contributed by atoms with Gasteiger partial charge in [0.05, 0.1) is 12.3 Å². The van der Waals surface area contributed by atoms with Crippen LogP contribution in [0.2, 0.25) is 0 Å². The van der Waals surface area contributed by atoms with Gasteiger partial charge in [-0.05, 0) is 54.3 Å². The van der Waals surface area contributed by atoms with Gasteiger partial charge in [-0.2, -0.15) is 0 Å². The van der Waals surface area contributed by atoms with Crippen LogP contribution in [0, 0.1) is 20.4 Å². The summed E-state index contributed by atoms with van der Waals surface area (Å²) in [5.74, 6) is 0. The highest BCUT2D eigenvalue weighted by Gasteiger charge is 2.12. The molecule has 4 rings (SSSR count). The fourth-order valence-corrected chi connectivity index (χ4v) is 3.45. The summed E-state index contributed by atoms with van der Waals surface area (Å²) in [5.41, 5.74) is 5.25. The van der Waals surface area contributed by atoms with E-state index < -0.39 is 0 Å². The second-order valence-corrected chi connectivity index (χ2v) is 6.19. The van der Waals surface area contributed by atoms with E-state index in [2.05, 4.69) is 47.9 Å². The third kappa shape index (κ3) is 2.23. The van der Waals surface area contributed by atoms with E-state index in [4.69, 9.17) is 6.57 Å². The predicted octanol–water partition coefficient (Wildman–Crippen LogP) is 6.22. The minimum absolute atomic E-state index is 0.690. The maximum absolute atomic E-state index is 7.48. The van der Waals surface area contributed by atoms with Crippen molar-refractivity contribution in [3.8, 4) is 11.3 Å². The van der Waals surface area contributed by atoms with Crippen LogP contribution < -0.4 is 0 Å². The number of rotatable bonds is 1. The smallest absolute Gasteiger partial charge is 0.195 e. The number of benzene rings is 3. The lowest BCUT2D eigenvalue weighted by Gasteiger charge is -2.12. The predicted molar refractivity (Wildman–Crippen MR) is 100 cm³/mol. The average molecular weight is 308 g/mol. The van der Waals surface area contributed by atoms with Crippen molar-refractivity contribution >= 4 is 27.2 Å². The first-order valence-corrected chi connectivity index (χ1v) is 7.94. The van der Waals surface area contributed by atoms with Gasteiger partial charge in [-0.15, -0.1) is 0 Å². The Balaban J connectivity index is 2.19. The normalized spacial score (nSPS) is 10.9. The van der Waals surface area contributed by atoms with E-state index in [0.29, 0.717) is 5.69 Å². The van der Waals surface area contributed by atoms with Crippen LogP contribution in [0.25, 0.3) is 37.6 Å². The molecule has 0 fully saturated rings. The molecule has 0 amide bonds. The lowest BCUT2D eigenvalue weighted by molar-refractivity contribution is 1.33. The number of hydrogen-bond acceptors (Lipinski definition) is 1. The molecule has 0 radical (unpaired) electrons. The number of nitrogens with zero attached hydrogens (tertiary/aromatic N) is 2. The summed E-state index contributed by atoms with van der Waals surface area (Å²) < 4.78 is 0. The van der Waals surface area contributed by atoms with Crippen LogP contribution in [0.1, 0.15) is 11.1 Å². The van der Waals surface area contributed by atoms with Crippen molar-refractivity contribution in [2.45, 2.75) is 13.8 Å². The van der Waals surface area contributed by atoms with Crippen molar-refractivity contribution < 1.29 is 0 Å². The van der Waals surface area contributed by atoms with Crippen molar-refractivity contribution in [3.05, 3.63) is 83.3 Å². The number of aryl methyl sites for hydroxylation is 2. The molecule has 0 saturated carbocycles. The third-order valence-electron chi connectivity index (χ3n) is 4.36. The molecule has 0 aliphatic carbocycles. The van der Waals surface area contributed by atoms with Gasteiger partial charge in [0.2, 0.25) is 0 Å². The molecule has 1 heterocycles. The number of hydrogen-bond donors (Lipinski definition) is 0. The standard InChI is InChI=1S/C22H16N2/c1-14-10-15(2)12-17(11-14)22-21-16(8-9-24-22)13-20(23-3)18-6-4-5-7-19(18)21/h4-13H,1-2H3. The molecule has 1 aromatic heterocycles. The van der Waals surface area contributed by atoms with Crippen molar-refractivity contribution in [3.63, 3.8) is 0 Å². The minimum Gasteiger partial charge on any atom is -0.256 e. The SMILES string of the molecule is [C-]#[N+]c1cc2ccnc(-c3cc(C)cc(C)c3)c2c2ccccc12. The van der Waals surface area contributed by atoms with Crippen molar-refractivity contribution in [2.75, 3.05) is 0 Å². The monoisotopic (exact) mass is 308 g/mol. The lowest BCUT2D eigenvalue weighted by atomic mass is 9.95. The third-order valence-corrected chi connectivity index (χ3v) is 4.36. The number of aromatic nitrogens is 1. The molecule has 4 aromatic rings. The van der Waals surface area contributed by atoms with Crippen molar-refractivity contribution in [1.82, 2.24) is 4.98 Å². The molecule has 0 atom stereocenters. The fraction of sp³-hybridized carbons (Fsp3) is 0.0909. The zero-order chi connectivity index (χ0) is 16.7. The second kappa shape index (κ2) is 5.47. The summed E-state index contributed by atoms with van der Waals surface area (Å²) in [6.07, 6.45) is 1.83. The summed E-state index contributed by atoms with van der Waals surface area (Å²) >= 11 is 0. The van der Waals surface area contributed by atoms with Gasteiger partial charge >= 0.3 is 0 Å². The molecular weight excluding hydrogens is 292 g/mol. The van der Waals surface area contributed by atoms with E-state index in [9.17, 15) is 0 Å². The molecule has 2 nitrogen and oxygen atoms in total. The maximum atomic E-state index is 7.48. The Hall–Kier alpha value is -3.18. The Morgan fingerprint density at radius 1 is 0.875 bits per heavy atom. The minimum atomic E-state index is 0.690. The van der Waals surface area contributed by atoms with Crippen LogP contribution in [0.5, 0.6) is 0 Å². The largest absolute Gasteiger partial charge is 0.256 e. The molecule has 0 N–H and O–H groups in total. The molecule has 3 aromatic carbocycles. The first-order chi connectivity index (χ1) is 11.7. The van der Waals surface area contributed by atoms with Crippen LogP contribution in [0.15, 0.2) is 60.8 Å². The van der Waals surface area contributed by atoms with E-state index in [1.54, 1.807) is 0 Å². The molecule has 114 valence electrons. The van der Waals surface area contributed by atoms with Gasteiger partial charge < -0.3 is 0 Å². The molecule has 0 spiro atoms. The van der Waals surface area contributed by atoms with Gasteiger partial charge in [0.1, 0.15) is 0 Å². The Morgan fingerprint density at radius 3 is 2.29 bits per heavy atom. The summed E-state index contributed by atoms with van der Waals surface area (Å²) in [5, 5.41) is 4.25. The molecule has 24 heavy (non-hydrogen) atoms. The quantitative estimate of drug-likeness (QED) is 0.301. The summed E-state index contributed by atoms with van der Waals surface area (Å²) in [6, 6.07) is 18.6. The van der Waals surface area contributed by atoms with Gasteiger partial charge in [-0.3, -0.25) is 4.98 Å². The van der Waals surface area contributed by atoms with Gasteiger partial charge in [0.15, 0.2) is 5.69 Å². The summed E-state index contributed by atoms with van der Waals surface area (Å²) in [4.78, 5) is 8.40. The number of fused-ring (bicyclic) bond motifs is 3. The topological polar surface area (TPSA) is 17.2 Å². The first kappa shape index (κ1) is 14.4. The van der Waals surface area contributed by atoms with Gasteiger partial charge in [-0.1, -0.05) is 41.5 Å². The van der Waals surface area contributed by atoms with Crippen molar-refractivity contribution in [1.29, 1.82) is 0 Å². The van der Waals surface area contributed by atoms with E-state index in [1.807, 2.05) is 36.5 Å².